The Hall–Kier alpha value is -2.90. The first-order chi connectivity index (χ1) is 12.0. The number of hydrogen-bond donors (Lipinski definition) is 1. The summed E-state index contributed by atoms with van der Waals surface area (Å²) in [6.45, 7) is 0.891. The summed E-state index contributed by atoms with van der Waals surface area (Å²) < 4.78 is 1.55. The average Bonchev–Trinajstić information content (AvgIpc) is 2.86. The molecule has 2 aliphatic heterocycles. The minimum Gasteiger partial charge on any atom is -0.465 e. The molecule has 2 aromatic heterocycles. The maximum Gasteiger partial charge on any atom is 0.407 e. The first-order valence-corrected chi connectivity index (χ1v) is 8.29. The molecule has 4 rings (SSSR count). The van der Waals surface area contributed by atoms with Gasteiger partial charge in [-0.15, -0.1) is 0 Å². The molecule has 0 aromatic carbocycles. The molecule has 8 nitrogen and oxygen atoms in total. The molecule has 2 bridgehead atoms. The molecule has 8 heteroatoms. The fourth-order valence-corrected chi connectivity index (χ4v) is 3.81. The first kappa shape index (κ1) is 15.6. The van der Waals surface area contributed by atoms with Gasteiger partial charge in [-0.05, 0) is 25.0 Å². The molecule has 2 saturated heterocycles. The van der Waals surface area contributed by atoms with E-state index in [4.69, 9.17) is 4.98 Å². The molecule has 2 fully saturated rings. The van der Waals surface area contributed by atoms with Gasteiger partial charge >= 0.3 is 6.09 Å². The second-order valence-electron chi connectivity index (χ2n) is 6.55. The van der Waals surface area contributed by atoms with Crippen molar-refractivity contribution >= 4 is 12.0 Å². The number of fused-ring (bicyclic) bond motifs is 2. The maximum atomic E-state index is 12.5. The highest BCUT2D eigenvalue weighted by Gasteiger charge is 2.43. The molecule has 0 radical (unpaired) electrons. The Morgan fingerprint density at radius 3 is 2.44 bits per heavy atom. The van der Waals surface area contributed by atoms with Crippen molar-refractivity contribution in [1.82, 2.24) is 19.4 Å². The van der Waals surface area contributed by atoms with Crippen molar-refractivity contribution in [2.24, 2.45) is 7.05 Å². The van der Waals surface area contributed by atoms with Gasteiger partial charge in [0.2, 0.25) is 5.95 Å². The van der Waals surface area contributed by atoms with E-state index in [0.29, 0.717) is 24.7 Å². The molecule has 0 aliphatic carbocycles. The minimum absolute atomic E-state index is 0.0561. The number of hydrogen-bond acceptors (Lipinski definition) is 5. The zero-order valence-electron chi connectivity index (χ0n) is 13.9. The maximum absolute atomic E-state index is 12.5. The topological polar surface area (TPSA) is 91.6 Å². The highest BCUT2D eigenvalue weighted by molar-refractivity contribution is 5.66. The van der Waals surface area contributed by atoms with Crippen molar-refractivity contribution in [2.75, 3.05) is 18.0 Å². The highest BCUT2D eigenvalue weighted by Crippen LogP contribution is 2.34. The van der Waals surface area contributed by atoms with Crippen LogP contribution in [0.25, 0.3) is 11.3 Å². The zero-order chi connectivity index (χ0) is 17.6. The molecule has 2 aliphatic rings. The zero-order valence-corrected chi connectivity index (χ0v) is 13.9. The SMILES string of the molecule is Cn1c(N2C3CCC2CN(C(=O)O)C3)nc(-c2ccncc2)cc1=O. The van der Waals surface area contributed by atoms with Gasteiger partial charge in [-0.25, -0.2) is 9.78 Å². The van der Waals surface area contributed by atoms with Crippen LogP contribution in [0.15, 0.2) is 35.4 Å². The predicted octanol–water partition coefficient (Wildman–Crippen LogP) is 1.17. The van der Waals surface area contributed by atoms with Crippen molar-refractivity contribution in [3.8, 4) is 11.3 Å². The molecule has 4 heterocycles. The molecule has 1 amide bonds. The Balaban J connectivity index is 1.75. The summed E-state index contributed by atoms with van der Waals surface area (Å²) in [7, 11) is 1.71. The summed E-state index contributed by atoms with van der Waals surface area (Å²) in [6, 6.07) is 5.28. The van der Waals surface area contributed by atoms with Gasteiger partial charge in [0.05, 0.1) is 17.8 Å². The number of anilines is 1. The summed E-state index contributed by atoms with van der Waals surface area (Å²) in [5, 5.41) is 9.28. The lowest BCUT2D eigenvalue weighted by Gasteiger charge is -2.40. The molecule has 1 N–H and O–H groups in total. The van der Waals surface area contributed by atoms with Crippen molar-refractivity contribution in [3.05, 3.63) is 40.9 Å². The summed E-state index contributed by atoms with van der Waals surface area (Å²) in [6.07, 6.45) is 4.27. The summed E-state index contributed by atoms with van der Waals surface area (Å²) in [5.74, 6) is 0.608. The fourth-order valence-electron chi connectivity index (χ4n) is 3.81. The number of likely N-dealkylation sites (tertiary alicyclic amines) is 1. The van der Waals surface area contributed by atoms with E-state index in [1.165, 1.54) is 11.0 Å². The van der Waals surface area contributed by atoms with Crippen LogP contribution in [0.1, 0.15) is 12.8 Å². The number of rotatable bonds is 2. The Labute approximate surface area is 144 Å². The third kappa shape index (κ3) is 2.63. The molecule has 0 spiro atoms. The van der Waals surface area contributed by atoms with Gasteiger partial charge in [0.25, 0.3) is 5.56 Å². The number of carboxylic acid groups (broad SMARTS) is 1. The molecule has 2 aromatic rings. The number of carbonyl (C=O) groups is 1. The van der Waals surface area contributed by atoms with Crippen LogP contribution in [0.3, 0.4) is 0 Å². The number of nitrogens with zero attached hydrogens (tertiary/aromatic N) is 5. The van der Waals surface area contributed by atoms with Crippen LogP contribution in [0.2, 0.25) is 0 Å². The van der Waals surface area contributed by atoms with Crippen LogP contribution in [-0.4, -0.2) is 55.8 Å². The van der Waals surface area contributed by atoms with Gasteiger partial charge in [0.1, 0.15) is 0 Å². The van der Waals surface area contributed by atoms with E-state index < -0.39 is 6.09 Å². The lowest BCUT2D eigenvalue weighted by Crippen LogP contribution is -2.56. The first-order valence-electron chi connectivity index (χ1n) is 8.29. The Kier molecular flexibility index (Phi) is 3.67. The standard InChI is InChI=1S/C17H19N5O3/c1-20-15(23)8-14(11-4-6-18-7-5-11)19-16(20)22-12-2-3-13(22)10-21(9-12)17(24)25/h4-8,12-13H,2-3,9-10H2,1H3,(H,24,25). The molecule has 2 unspecified atom stereocenters. The number of amides is 1. The molecular weight excluding hydrogens is 322 g/mol. The van der Waals surface area contributed by atoms with Crippen LogP contribution in [0.5, 0.6) is 0 Å². The normalized spacial score (nSPS) is 22.3. The van der Waals surface area contributed by atoms with E-state index in [1.807, 2.05) is 12.1 Å². The third-order valence-corrected chi connectivity index (χ3v) is 5.07. The second kappa shape index (κ2) is 5.87. The van der Waals surface area contributed by atoms with Crippen LogP contribution in [0, 0.1) is 0 Å². The summed E-state index contributed by atoms with van der Waals surface area (Å²) >= 11 is 0. The van der Waals surface area contributed by atoms with Gasteiger partial charge in [-0.1, -0.05) is 0 Å². The fraction of sp³-hybridized carbons (Fsp3) is 0.412. The monoisotopic (exact) mass is 341 g/mol. The summed E-state index contributed by atoms with van der Waals surface area (Å²) in [4.78, 5) is 36.1. The van der Waals surface area contributed by atoms with Crippen LogP contribution < -0.4 is 10.5 Å². The summed E-state index contributed by atoms with van der Waals surface area (Å²) in [5.41, 5.74) is 1.32. The highest BCUT2D eigenvalue weighted by atomic mass is 16.4. The Morgan fingerprint density at radius 2 is 1.84 bits per heavy atom. The van der Waals surface area contributed by atoms with E-state index in [0.717, 1.165) is 18.4 Å². The van der Waals surface area contributed by atoms with Crippen LogP contribution in [-0.2, 0) is 7.05 Å². The molecule has 25 heavy (non-hydrogen) atoms. The van der Waals surface area contributed by atoms with E-state index in [9.17, 15) is 14.7 Å². The number of piperazine rings is 1. The van der Waals surface area contributed by atoms with Crippen molar-refractivity contribution in [3.63, 3.8) is 0 Å². The van der Waals surface area contributed by atoms with Crippen LogP contribution in [0.4, 0.5) is 10.7 Å². The van der Waals surface area contributed by atoms with Gasteiger partial charge in [-0.2, -0.15) is 0 Å². The van der Waals surface area contributed by atoms with Crippen molar-refractivity contribution < 1.29 is 9.90 Å². The lowest BCUT2D eigenvalue weighted by molar-refractivity contribution is 0.133. The minimum atomic E-state index is -0.885. The lowest BCUT2D eigenvalue weighted by atomic mass is 10.2. The van der Waals surface area contributed by atoms with Crippen molar-refractivity contribution in [2.45, 2.75) is 24.9 Å². The quantitative estimate of drug-likeness (QED) is 0.882. The van der Waals surface area contributed by atoms with E-state index in [-0.39, 0.29) is 17.6 Å². The van der Waals surface area contributed by atoms with Gasteiger partial charge < -0.3 is 14.9 Å². The van der Waals surface area contributed by atoms with Crippen molar-refractivity contribution in [1.29, 1.82) is 0 Å². The van der Waals surface area contributed by atoms with E-state index in [1.54, 1.807) is 24.0 Å². The van der Waals surface area contributed by atoms with E-state index >= 15 is 0 Å². The Bertz CT molecular complexity index is 852. The Morgan fingerprint density at radius 1 is 1.20 bits per heavy atom. The smallest absolute Gasteiger partial charge is 0.407 e. The number of aromatic nitrogens is 3. The average molecular weight is 341 g/mol. The largest absolute Gasteiger partial charge is 0.465 e. The molecular formula is C17H19N5O3. The molecule has 130 valence electrons. The third-order valence-electron chi connectivity index (χ3n) is 5.07. The molecule has 2 atom stereocenters. The number of pyridine rings is 1. The van der Waals surface area contributed by atoms with Gasteiger partial charge in [-0.3, -0.25) is 14.3 Å². The van der Waals surface area contributed by atoms with E-state index in [2.05, 4.69) is 9.88 Å². The predicted molar refractivity (Wildman–Crippen MR) is 91.6 cm³/mol. The van der Waals surface area contributed by atoms with Crippen LogP contribution >= 0.6 is 0 Å². The second-order valence-corrected chi connectivity index (χ2v) is 6.55. The van der Waals surface area contributed by atoms with Gasteiger partial charge in [0.15, 0.2) is 0 Å². The molecule has 0 saturated carbocycles. The van der Waals surface area contributed by atoms with Gasteiger partial charge in [0, 0.05) is 44.2 Å².